The van der Waals surface area contributed by atoms with Crippen molar-refractivity contribution in [3.8, 4) is 5.75 Å². The minimum absolute atomic E-state index is 0.00123. The van der Waals surface area contributed by atoms with Gasteiger partial charge in [0.15, 0.2) is 0 Å². The van der Waals surface area contributed by atoms with Crippen LogP contribution in [0, 0.1) is 17.0 Å². The van der Waals surface area contributed by atoms with E-state index in [-0.39, 0.29) is 11.4 Å². The fourth-order valence-corrected chi connectivity index (χ4v) is 3.77. The number of methoxy groups -OCH3 is 1. The fourth-order valence-electron chi connectivity index (χ4n) is 3.77. The van der Waals surface area contributed by atoms with Crippen LogP contribution in [0.2, 0.25) is 0 Å². The normalized spacial score (nSPS) is 13.9. The minimum atomic E-state index is -0.924. The Bertz CT molecular complexity index is 1000. The molecule has 0 aromatic heterocycles. The number of nitrogens with one attached hydrogen (secondary N) is 2. The largest absolute Gasteiger partial charge is 0.495 e. The highest BCUT2D eigenvalue weighted by atomic mass is 16.6. The van der Waals surface area contributed by atoms with Crippen LogP contribution in [0.4, 0.5) is 17.1 Å². The van der Waals surface area contributed by atoms with Gasteiger partial charge in [0.05, 0.1) is 17.7 Å². The second-order valence-electron chi connectivity index (χ2n) is 7.84. The van der Waals surface area contributed by atoms with E-state index in [2.05, 4.69) is 26.5 Å². The molecular formula is C23H29N5O5. The van der Waals surface area contributed by atoms with E-state index < -0.39 is 16.7 Å². The molecule has 0 spiro atoms. The molecule has 1 fully saturated rings. The average molecular weight is 456 g/mol. The first kappa shape index (κ1) is 24.0. The van der Waals surface area contributed by atoms with Crippen LogP contribution in [0.15, 0.2) is 42.5 Å². The molecule has 33 heavy (non-hydrogen) atoms. The molecule has 1 aliphatic heterocycles. The number of carbonyl (C=O) groups is 2. The van der Waals surface area contributed by atoms with Crippen LogP contribution in [0.1, 0.15) is 12.0 Å². The lowest BCUT2D eigenvalue weighted by Crippen LogP contribution is -2.47. The summed E-state index contributed by atoms with van der Waals surface area (Å²) >= 11 is 0. The van der Waals surface area contributed by atoms with Crippen molar-refractivity contribution < 1.29 is 19.2 Å². The molecule has 1 saturated heterocycles. The molecule has 0 aliphatic carbocycles. The maximum absolute atomic E-state index is 12.1. The number of benzene rings is 2. The van der Waals surface area contributed by atoms with E-state index in [0.717, 1.165) is 44.2 Å². The lowest BCUT2D eigenvalue weighted by atomic mass is 10.2. The standard InChI is InChI=1S/C23H29N5O5/c1-17-8-9-18(20(16-17)28(31)32)25-23(30)22(29)24-10-5-11-26-12-14-27(15-13-26)19-6-3-4-7-21(19)33-2/h3-4,6-9,16H,5,10-15H2,1-2H3,(H,24,29)(H,25,30). The quantitative estimate of drug-likeness (QED) is 0.271. The van der Waals surface area contributed by atoms with E-state index >= 15 is 0 Å². The van der Waals surface area contributed by atoms with E-state index in [9.17, 15) is 19.7 Å². The molecule has 10 heteroatoms. The Morgan fingerprint density at radius 3 is 2.52 bits per heavy atom. The highest BCUT2D eigenvalue weighted by Gasteiger charge is 2.21. The summed E-state index contributed by atoms with van der Waals surface area (Å²) in [4.78, 5) is 39.4. The first-order chi connectivity index (χ1) is 15.9. The molecule has 2 aromatic rings. The van der Waals surface area contributed by atoms with Crippen LogP contribution >= 0.6 is 0 Å². The zero-order valence-corrected chi connectivity index (χ0v) is 18.9. The average Bonchev–Trinajstić information content (AvgIpc) is 2.83. The Morgan fingerprint density at radius 2 is 1.82 bits per heavy atom. The van der Waals surface area contributed by atoms with E-state index in [1.54, 1.807) is 20.1 Å². The summed E-state index contributed by atoms with van der Waals surface area (Å²) in [6.45, 7) is 6.39. The van der Waals surface area contributed by atoms with Crippen molar-refractivity contribution in [2.24, 2.45) is 0 Å². The molecule has 2 amide bonds. The van der Waals surface area contributed by atoms with E-state index in [1.165, 1.54) is 12.1 Å². The number of piperazine rings is 1. The molecule has 176 valence electrons. The Kier molecular flexibility index (Phi) is 8.20. The maximum Gasteiger partial charge on any atom is 0.313 e. The van der Waals surface area contributed by atoms with Crippen LogP contribution in [-0.4, -0.2) is 68.0 Å². The summed E-state index contributed by atoms with van der Waals surface area (Å²) in [6.07, 6.45) is 0.693. The highest BCUT2D eigenvalue weighted by molar-refractivity contribution is 6.39. The SMILES string of the molecule is COc1ccccc1N1CCN(CCCNC(=O)C(=O)Nc2ccc(C)cc2[N+](=O)[O-])CC1. The highest BCUT2D eigenvalue weighted by Crippen LogP contribution is 2.28. The topological polar surface area (TPSA) is 117 Å². The molecule has 3 rings (SSSR count). The number of nitrogens with zero attached hydrogens (tertiary/aromatic N) is 3. The van der Waals surface area contributed by atoms with Gasteiger partial charge in [0.25, 0.3) is 5.69 Å². The van der Waals surface area contributed by atoms with Crippen LogP contribution in [0.5, 0.6) is 5.75 Å². The number of nitro benzene ring substituents is 1. The van der Waals surface area contributed by atoms with E-state index in [4.69, 9.17) is 4.74 Å². The fraction of sp³-hybridized carbons (Fsp3) is 0.391. The number of ether oxygens (including phenoxy) is 1. The summed E-state index contributed by atoms with van der Waals surface area (Å²) in [5.74, 6) is -0.874. The molecule has 1 aliphatic rings. The molecule has 0 radical (unpaired) electrons. The summed E-state index contributed by atoms with van der Waals surface area (Å²) < 4.78 is 5.45. The number of hydrogen-bond donors (Lipinski definition) is 2. The van der Waals surface area contributed by atoms with Crippen molar-refractivity contribution in [1.82, 2.24) is 10.2 Å². The predicted molar refractivity (Wildman–Crippen MR) is 126 cm³/mol. The van der Waals surface area contributed by atoms with Crippen LogP contribution in [-0.2, 0) is 9.59 Å². The third-order valence-electron chi connectivity index (χ3n) is 5.54. The zero-order chi connectivity index (χ0) is 23.8. The maximum atomic E-state index is 12.1. The van der Waals surface area contributed by atoms with Gasteiger partial charge in [-0.25, -0.2) is 0 Å². The van der Waals surface area contributed by atoms with Gasteiger partial charge in [-0.3, -0.25) is 24.6 Å². The summed E-state index contributed by atoms with van der Waals surface area (Å²) in [5, 5.41) is 16.1. The van der Waals surface area contributed by atoms with Crippen molar-refractivity contribution in [2.75, 3.05) is 56.6 Å². The Labute approximate surface area is 192 Å². The number of rotatable bonds is 8. The number of aryl methyl sites for hydroxylation is 1. The van der Waals surface area contributed by atoms with Gasteiger partial charge < -0.3 is 20.3 Å². The van der Waals surface area contributed by atoms with Crippen molar-refractivity contribution in [3.05, 3.63) is 58.1 Å². The zero-order valence-electron chi connectivity index (χ0n) is 18.9. The van der Waals surface area contributed by atoms with Gasteiger partial charge in [-0.05, 0) is 43.7 Å². The van der Waals surface area contributed by atoms with Gasteiger partial charge in [0, 0.05) is 38.8 Å². The Morgan fingerprint density at radius 1 is 1.09 bits per heavy atom. The van der Waals surface area contributed by atoms with Gasteiger partial charge in [0.1, 0.15) is 11.4 Å². The Balaban J connectivity index is 1.39. The van der Waals surface area contributed by atoms with Crippen molar-refractivity contribution in [3.63, 3.8) is 0 Å². The van der Waals surface area contributed by atoms with E-state index in [1.807, 2.05) is 18.2 Å². The minimum Gasteiger partial charge on any atom is -0.495 e. The van der Waals surface area contributed by atoms with E-state index in [0.29, 0.717) is 18.5 Å². The third-order valence-corrected chi connectivity index (χ3v) is 5.54. The molecule has 0 unspecified atom stereocenters. The predicted octanol–water partition coefficient (Wildman–Crippen LogP) is 2.18. The number of hydrogen-bond acceptors (Lipinski definition) is 7. The summed E-state index contributed by atoms with van der Waals surface area (Å²) in [7, 11) is 1.67. The third kappa shape index (κ3) is 6.42. The molecule has 0 saturated carbocycles. The van der Waals surface area contributed by atoms with Gasteiger partial charge in [-0.2, -0.15) is 0 Å². The van der Waals surface area contributed by atoms with Crippen LogP contribution < -0.4 is 20.3 Å². The smallest absolute Gasteiger partial charge is 0.313 e. The second kappa shape index (κ2) is 11.3. The van der Waals surface area contributed by atoms with Crippen LogP contribution in [0.3, 0.4) is 0 Å². The van der Waals surface area contributed by atoms with Crippen LogP contribution in [0.25, 0.3) is 0 Å². The molecule has 2 aromatic carbocycles. The van der Waals surface area contributed by atoms with Gasteiger partial charge in [-0.15, -0.1) is 0 Å². The number of amides is 2. The van der Waals surface area contributed by atoms with Gasteiger partial charge >= 0.3 is 11.8 Å². The van der Waals surface area contributed by atoms with Crippen molar-refractivity contribution >= 4 is 28.9 Å². The number of anilines is 2. The molecule has 2 N–H and O–H groups in total. The molecule has 0 atom stereocenters. The first-order valence-electron chi connectivity index (χ1n) is 10.8. The monoisotopic (exact) mass is 455 g/mol. The number of carbonyl (C=O) groups excluding carboxylic acids is 2. The molecule has 0 bridgehead atoms. The molecule has 10 nitrogen and oxygen atoms in total. The molecule has 1 heterocycles. The number of nitro groups is 1. The first-order valence-corrected chi connectivity index (χ1v) is 10.8. The Hall–Kier alpha value is -3.66. The molecular weight excluding hydrogens is 426 g/mol. The van der Waals surface area contributed by atoms with Gasteiger partial charge in [-0.1, -0.05) is 18.2 Å². The van der Waals surface area contributed by atoms with Gasteiger partial charge in [0.2, 0.25) is 0 Å². The number of para-hydroxylation sites is 2. The van der Waals surface area contributed by atoms with Crippen molar-refractivity contribution in [2.45, 2.75) is 13.3 Å². The summed E-state index contributed by atoms with van der Waals surface area (Å²) in [5.41, 5.74) is 1.53. The lowest BCUT2D eigenvalue weighted by Gasteiger charge is -2.36. The lowest BCUT2D eigenvalue weighted by molar-refractivity contribution is -0.384. The summed E-state index contributed by atoms with van der Waals surface area (Å²) in [6, 6.07) is 12.4. The second-order valence-corrected chi connectivity index (χ2v) is 7.84. The van der Waals surface area contributed by atoms with Crippen molar-refractivity contribution in [1.29, 1.82) is 0 Å².